The number of nitrogens with zero attached hydrogens (tertiary/aromatic N) is 2. The molecule has 1 amide bonds. The molecule has 0 radical (unpaired) electrons. The van der Waals surface area contributed by atoms with E-state index in [1.165, 1.54) is 6.08 Å². The van der Waals surface area contributed by atoms with E-state index < -0.39 is 24.0 Å². The number of imidazole rings is 1. The van der Waals surface area contributed by atoms with Gasteiger partial charge in [0.05, 0.1) is 39.0 Å². The molecule has 0 bridgehead atoms. The Bertz CT molecular complexity index is 1470. The van der Waals surface area contributed by atoms with Crippen molar-refractivity contribution in [3.05, 3.63) is 120 Å². The summed E-state index contributed by atoms with van der Waals surface area (Å²) in [6.45, 7) is 2.74. The smallest absolute Gasteiger partial charge is 0.244 e. The van der Waals surface area contributed by atoms with Gasteiger partial charge in [-0.15, -0.1) is 0 Å². The summed E-state index contributed by atoms with van der Waals surface area (Å²) in [6, 6.07) is 25.6. The van der Waals surface area contributed by atoms with Crippen LogP contribution < -0.4 is 14.8 Å². The Morgan fingerprint density at radius 1 is 1.00 bits per heavy atom. The lowest BCUT2D eigenvalue weighted by Gasteiger charge is -2.37. The number of nitrogens with one attached hydrogen (secondary N) is 1. The van der Waals surface area contributed by atoms with E-state index in [4.69, 9.17) is 18.9 Å². The average Bonchev–Trinajstić information content (AvgIpc) is 3.70. The molecule has 5 rings (SSSR count). The van der Waals surface area contributed by atoms with Crippen LogP contribution in [0.5, 0.6) is 11.5 Å². The molecule has 1 aliphatic rings. The molecule has 230 valence electrons. The lowest BCUT2D eigenvalue weighted by molar-refractivity contribution is -0.116. The van der Waals surface area contributed by atoms with Gasteiger partial charge in [0.25, 0.3) is 0 Å². The number of ether oxygens (including phenoxy) is 4. The van der Waals surface area contributed by atoms with E-state index in [9.17, 15) is 9.90 Å². The second-order valence-corrected chi connectivity index (χ2v) is 10.6. The standard InChI is InChI=1S/C35H39N3O6/c1-4-20-36-33(40)19-14-28-22-38(24-37-28)34-21-31(39)32(44-34)23-43-35(25-8-6-5-7-9-25,26-10-15-29(41-2)16-11-26)27-12-17-30(42-3)18-13-27/h5-19,22,24,31-32,34,39H,4,20-21,23H2,1-3H3,(H,36,40)/b19-14+/t31-,32+,34+/m0/s1. The van der Waals surface area contributed by atoms with E-state index in [0.717, 1.165) is 34.6 Å². The first kappa shape index (κ1) is 31.0. The highest BCUT2D eigenvalue weighted by molar-refractivity contribution is 5.91. The topological polar surface area (TPSA) is 104 Å². The minimum absolute atomic E-state index is 0.115. The van der Waals surface area contributed by atoms with E-state index >= 15 is 0 Å². The number of carbonyl (C=O) groups excluding carboxylic acids is 1. The fourth-order valence-electron chi connectivity index (χ4n) is 5.39. The molecular formula is C35H39N3O6. The number of aliphatic hydroxyl groups is 1. The lowest BCUT2D eigenvalue weighted by Crippen LogP contribution is -2.38. The molecule has 1 aliphatic heterocycles. The first-order valence-electron chi connectivity index (χ1n) is 14.8. The van der Waals surface area contributed by atoms with Gasteiger partial charge in [0, 0.05) is 25.2 Å². The Morgan fingerprint density at radius 2 is 1.61 bits per heavy atom. The molecular weight excluding hydrogens is 558 g/mol. The second kappa shape index (κ2) is 14.4. The molecule has 0 unspecified atom stereocenters. The predicted molar refractivity (Wildman–Crippen MR) is 167 cm³/mol. The number of methoxy groups -OCH3 is 2. The number of aliphatic hydroxyl groups excluding tert-OH is 1. The Hall–Kier alpha value is -4.44. The van der Waals surface area contributed by atoms with Crippen LogP contribution in [0.2, 0.25) is 0 Å². The van der Waals surface area contributed by atoms with Gasteiger partial charge in [0.2, 0.25) is 5.91 Å². The van der Waals surface area contributed by atoms with Crippen molar-refractivity contribution >= 4 is 12.0 Å². The molecule has 2 heterocycles. The van der Waals surface area contributed by atoms with Crippen LogP contribution in [0.25, 0.3) is 6.08 Å². The summed E-state index contributed by atoms with van der Waals surface area (Å²) < 4.78 is 25.9. The molecule has 0 aliphatic carbocycles. The zero-order valence-electron chi connectivity index (χ0n) is 25.3. The van der Waals surface area contributed by atoms with Gasteiger partial charge in [0.1, 0.15) is 29.4 Å². The summed E-state index contributed by atoms with van der Waals surface area (Å²) in [4.78, 5) is 16.3. The monoisotopic (exact) mass is 597 g/mol. The second-order valence-electron chi connectivity index (χ2n) is 10.6. The van der Waals surface area contributed by atoms with Crippen molar-refractivity contribution in [1.82, 2.24) is 14.9 Å². The van der Waals surface area contributed by atoms with E-state index in [0.29, 0.717) is 18.7 Å². The van der Waals surface area contributed by atoms with Crippen LogP contribution in [0.1, 0.15) is 48.4 Å². The third kappa shape index (κ3) is 6.86. The molecule has 44 heavy (non-hydrogen) atoms. The molecule has 3 aromatic carbocycles. The fraction of sp³-hybridized carbons (Fsp3) is 0.314. The van der Waals surface area contributed by atoms with Gasteiger partial charge in [-0.2, -0.15) is 0 Å². The third-order valence-corrected chi connectivity index (χ3v) is 7.75. The molecule has 1 aromatic heterocycles. The predicted octanol–water partition coefficient (Wildman–Crippen LogP) is 5.10. The van der Waals surface area contributed by atoms with Crippen LogP contribution in [0, 0.1) is 0 Å². The van der Waals surface area contributed by atoms with Crippen molar-refractivity contribution in [3.8, 4) is 11.5 Å². The summed E-state index contributed by atoms with van der Waals surface area (Å²) in [7, 11) is 3.27. The van der Waals surface area contributed by atoms with Crippen LogP contribution >= 0.6 is 0 Å². The van der Waals surface area contributed by atoms with Crippen LogP contribution in [0.3, 0.4) is 0 Å². The van der Waals surface area contributed by atoms with Gasteiger partial charge < -0.3 is 33.9 Å². The van der Waals surface area contributed by atoms with Gasteiger partial charge >= 0.3 is 0 Å². The van der Waals surface area contributed by atoms with E-state index in [1.807, 2.05) is 90.4 Å². The number of aromatic nitrogens is 2. The van der Waals surface area contributed by atoms with Crippen LogP contribution in [-0.2, 0) is 19.9 Å². The minimum atomic E-state index is -1.02. The van der Waals surface area contributed by atoms with Gasteiger partial charge in [-0.25, -0.2) is 4.98 Å². The highest BCUT2D eigenvalue weighted by atomic mass is 16.6. The van der Waals surface area contributed by atoms with Gasteiger partial charge in [-0.3, -0.25) is 4.79 Å². The van der Waals surface area contributed by atoms with Gasteiger partial charge in [0.15, 0.2) is 0 Å². The maximum atomic E-state index is 11.9. The zero-order chi connectivity index (χ0) is 30.9. The third-order valence-electron chi connectivity index (χ3n) is 7.75. The summed E-state index contributed by atoms with van der Waals surface area (Å²) in [6.07, 6.45) is 6.01. The summed E-state index contributed by atoms with van der Waals surface area (Å²) in [5.41, 5.74) is 2.32. The normalized spacial score (nSPS) is 18.4. The van der Waals surface area contributed by atoms with Crippen LogP contribution in [-0.4, -0.2) is 60.1 Å². The molecule has 3 atom stereocenters. The van der Waals surface area contributed by atoms with Crippen molar-refractivity contribution in [2.24, 2.45) is 0 Å². The Labute approximate surface area is 258 Å². The largest absolute Gasteiger partial charge is 0.497 e. The minimum Gasteiger partial charge on any atom is -0.497 e. The van der Waals surface area contributed by atoms with E-state index in [-0.39, 0.29) is 12.5 Å². The zero-order valence-corrected chi connectivity index (χ0v) is 25.3. The van der Waals surface area contributed by atoms with Gasteiger partial charge in [-0.1, -0.05) is 61.5 Å². The van der Waals surface area contributed by atoms with Crippen molar-refractivity contribution in [2.45, 2.75) is 43.8 Å². The summed E-state index contributed by atoms with van der Waals surface area (Å²) in [5, 5.41) is 13.9. The number of hydrogen-bond donors (Lipinski definition) is 2. The maximum Gasteiger partial charge on any atom is 0.244 e. The number of amides is 1. The lowest BCUT2D eigenvalue weighted by atomic mass is 9.80. The molecule has 1 fully saturated rings. The molecule has 9 heteroatoms. The van der Waals surface area contributed by atoms with Crippen molar-refractivity contribution < 1.29 is 28.8 Å². The van der Waals surface area contributed by atoms with E-state index in [2.05, 4.69) is 10.3 Å². The number of benzene rings is 3. The Balaban J connectivity index is 1.41. The Kier molecular flexibility index (Phi) is 10.1. The first-order valence-corrected chi connectivity index (χ1v) is 14.8. The highest BCUT2D eigenvalue weighted by Crippen LogP contribution is 2.42. The molecule has 9 nitrogen and oxygen atoms in total. The quantitative estimate of drug-likeness (QED) is 0.163. The first-order chi connectivity index (χ1) is 21.5. The number of carbonyl (C=O) groups is 1. The summed E-state index contributed by atoms with van der Waals surface area (Å²) >= 11 is 0. The molecule has 4 aromatic rings. The molecule has 2 N–H and O–H groups in total. The highest BCUT2D eigenvalue weighted by Gasteiger charge is 2.42. The van der Waals surface area contributed by atoms with E-state index in [1.54, 1.807) is 32.8 Å². The fourth-order valence-corrected chi connectivity index (χ4v) is 5.39. The molecule has 0 spiro atoms. The number of rotatable bonds is 13. The van der Waals surface area contributed by atoms with Crippen molar-refractivity contribution in [1.29, 1.82) is 0 Å². The molecule has 0 saturated carbocycles. The summed E-state index contributed by atoms with van der Waals surface area (Å²) in [5.74, 6) is 1.31. The van der Waals surface area contributed by atoms with Crippen molar-refractivity contribution in [3.63, 3.8) is 0 Å². The molecule has 1 saturated heterocycles. The maximum absolute atomic E-state index is 11.9. The van der Waals surface area contributed by atoms with Crippen molar-refractivity contribution in [2.75, 3.05) is 27.4 Å². The SMILES string of the molecule is CCCNC(=O)/C=C/c1cn([C@H]2C[C@H](O)[C@@H](COC(c3ccccc3)(c3ccc(OC)cc3)c3ccc(OC)cc3)O2)cn1. The number of hydrogen-bond acceptors (Lipinski definition) is 7. The van der Waals surface area contributed by atoms with Crippen LogP contribution in [0.4, 0.5) is 0 Å². The van der Waals surface area contributed by atoms with Gasteiger partial charge in [-0.05, 0) is 53.5 Å². The Morgan fingerprint density at radius 3 is 2.20 bits per heavy atom. The van der Waals surface area contributed by atoms with Crippen LogP contribution in [0.15, 0.2) is 97.5 Å². The average molecular weight is 598 g/mol.